The van der Waals surface area contributed by atoms with Crippen molar-refractivity contribution in [2.75, 3.05) is 26.2 Å². The van der Waals surface area contributed by atoms with Crippen LogP contribution >= 0.6 is 0 Å². The van der Waals surface area contributed by atoms with Crippen molar-refractivity contribution in [2.24, 2.45) is 17.8 Å². The first-order valence-electron chi connectivity index (χ1n) is 9.48. The van der Waals surface area contributed by atoms with Gasteiger partial charge in [-0.2, -0.15) is 0 Å². The first-order valence-corrected chi connectivity index (χ1v) is 9.48. The SMILES string of the molecule is CCCNC1CCCCCC1CN(CC(C)C)CC(C)C. The van der Waals surface area contributed by atoms with Gasteiger partial charge in [-0.05, 0) is 43.6 Å². The zero-order chi connectivity index (χ0) is 15.7. The number of hydrogen-bond donors (Lipinski definition) is 1. The predicted octanol–water partition coefficient (Wildman–Crippen LogP) is 4.55. The molecule has 0 spiro atoms. The summed E-state index contributed by atoms with van der Waals surface area (Å²) in [6.45, 7) is 16.7. The van der Waals surface area contributed by atoms with Gasteiger partial charge in [0.2, 0.25) is 0 Å². The Bertz CT molecular complexity index is 240. The molecule has 0 aromatic carbocycles. The zero-order valence-corrected chi connectivity index (χ0v) is 15.3. The highest BCUT2D eigenvalue weighted by molar-refractivity contribution is 4.82. The molecular weight excluding hydrogens is 256 g/mol. The maximum absolute atomic E-state index is 3.85. The van der Waals surface area contributed by atoms with E-state index in [9.17, 15) is 0 Å². The van der Waals surface area contributed by atoms with Crippen LogP contribution in [0.25, 0.3) is 0 Å². The van der Waals surface area contributed by atoms with Crippen molar-refractivity contribution < 1.29 is 0 Å². The van der Waals surface area contributed by atoms with Gasteiger partial charge in [0.15, 0.2) is 0 Å². The van der Waals surface area contributed by atoms with Gasteiger partial charge in [-0.3, -0.25) is 0 Å². The molecule has 2 heteroatoms. The minimum atomic E-state index is 0.759. The van der Waals surface area contributed by atoms with E-state index >= 15 is 0 Å². The van der Waals surface area contributed by atoms with Crippen molar-refractivity contribution in [1.29, 1.82) is 0 Å². The van der Waals surface area contributed by atoms with Crippen molar-refractivity contribution in [3.8, 4) is 0 Å². The van der Waals surface area contributed by atoms with Gasteiger partial charge in [-0.25, -0.2) is 0 Å². The van der Waals surface area contributed by atoms with Gasteiger partial charge in [0, 0.05) is 25.7 Å². The molecule has 1 N–H and O–H groups in total. The van der Waals surface area contributed by atoms with Crippen LogP contribution in [0.2, 0.25) is 0 Å². The molecule has 2 atom stereocenters. The average Bonchev–Trinajstić information content (AvgIpc) is 2.60. The van der Waals surface area contributed by atoms with Crippen LogP contribution in [0, 0.1) is 17.8 Å². The Morgan fingerprint density at radius 2 is 1.57 bits per heavy atom. The van der Waals surface area contributed by atoms with E-state index in [0.717, 1.165) is 23.8 Å². The Labute approximate surface area is 134 Å². The first-order chi connectivity index (χ1) is 10.0. The van der Waals surface area contributed by atoms with Crippen LogP contribution in [-0.2, 0) is 0 Å². The fourth-order valence-electron chi connectivity index (χ4n) is 3.79. The van der Waals surface area contributed by atoms with Crippen molar-refractivity contribution in [3.05, 3.63) is 0 Å². The summed E-state index contributed by atoms with van der Waals surface area (Å²) in [6.07, 6.45) is 8.37. The van der Waals surface area contributed by atoms with Gasteiger partial charge in [-0.1, -0.05) is 53.9 Å². The molecule has 2 nitrogen and oxygen atoms in total. The zero-order valence-electron chi connectivity index (χ0n) is 15.3. The molecule has 0 saturated heterocycles. The van der Waals surface area contributed by atoms with Gasteiger partial charge in [-0.15, -0.1) is 0 Å². The average molecular weight is 297 g/mol. The molecular formula is C19H40N2. The molecule has 21 heavy (non-hydrogen) atoms. The highest BCUT2D eigenvalue weighted by Crippen LogP contribution is 2.25. The normalized spacial score (nSPS) is 24.0. The molecule has 0 aromatic rings. The third-order valence-electron chi connectivity index (χ3n) is 4.56. The van der Waals surface area contributed by atoms with Crippen molar-refractivity contribution in [3.63, 3.8) is 0 Å². The number of rotatable bonds is 9. The number of nitrogens with zero attached hydrogens (tertiary/aromatic N) is 1. The smallest absolute Gasteiger partial charge is 0.0107 e. The maximum Gasteiger partial charge on any atom is 0.0107 e. The molecule has 1 fully saturated rings. The third kappa shape index (κ3) is 8.21. The first kappa shape index (κ1) is 19.0. The molecule has 0 bridgehead atoms. The summed E-state index contributed by atoms with van der Waals surface area (Å²) in [4.78, 5) is 2.74. The fourth-order valence-corrected chi connectivity index (χ4v) is 3.79. The number of nitrogens with one attached hydrogen (secondary N) is 1. The van der Waals surface area contributed by atoms with E-state index in [-0.39, 0.29) is 0 Å². The summed E-state index contributed by atoms with van der Waals surface area (Å²) in [6, 6.07) is 0.759. The summed E-state index contributed by atoms with van der Waals surface area (Å²) in [5.74, 6) is 2.41. The lowest BCUT2D eigenvalue weighted by Gasteiger charge is -2.34. The van der Waals surface area contributed by atoms with Crippen LogP contribution in [0.15, 0.2) is 0 Å². The fraction of sp³-hybridized carbons (Fsp3) is 1.00. The largest absolute Gasteiger partial charge is 0.314 e. The maximum atomic E-state index is 3.85. The molecule has 1 aliphatic carbocycles. The minimum absolute atomic E-state index is 0.759. The van der Waals surface area contributed by atoms with E-state index in [4.69, 9.17) is 0 Å². The van der Waals surface area contributed by atoms with E-state index < -0.39 is 0 Å². The van der Waals surface area contributed by atoms with E-state index in [1.54, 1.807) is 0 Å². The lowest BCUT2D eigenvalue weighted by Crippen LogP contribution is -2.44. The van der Waals surface area contributed by atoms with E-state index in [1.165, 1.54) is 64.7 Å². The van der Waals surface area contributed by atoms with Crippen LogP contribution in [0.3, 0.4) is 0 Å². The van der Waals surface area contributed by atoms with Gasteiger partial charge < -0.3 is 10.2 Å². The molecule has 0 amide bonds. The predicted molar refractivity (Wildman–Crippen MR) is 94.8 cm³/mol. The molecule has 126 valence electrons. The Balaban J connectivity index is 2.61. The molecule has 0 radical (unpaired) electrons. The summed E-state index contributed by atoms with van der Waals surface area (Å²) in [7, 11) is 0. The Morgan fingerprint density at radius 1 is 0.952 bits per heavy atom. The number of hydrogen-bond acceptors (Lipinski definition) is 2. The molecule has 2 unspecified atom stereocenters. The van der Waals surface area contributed by atoms with Gasteiger partial charge in [0.05, 0.1) is 0 Å². The van der Waals surface area contributed by atoms with Crippen LogP contribution in [-0.4, -0.2) is 37.1 Å². The lowest BCUT2D eigenvalue weighted by molar-refractivity contribution is 0.162. The third-order valence-corrected chi connectivity index (χ3v) is 4.56. The van der Waals surface area contributed by atoms with Crippen LogP contribution in [0.5, 0.6) is 0 Å². The molecule has 0 heterocycles. The van der Waals surface area contributed by atoms with E-state index in [0.29, 0.717) is 0 Å². The second-order valence-electron chi connectivity index (χ2n) is 7.96. The summed E-state index contributed by atoms with van der Waals surface area (Å²) in [5.41, 5.74) is 0. The highest BCUT2D eigenvalue weighted by Gasteiger charge is 2.25. The van der Waals surface area contributed by atoms with Crippen molar-refractivity contribution in [2.45, 2.75) is 79.2 Å². The van der Waals surface area contributed by atoms with E-state index in [1.807, 2.05) is 0 Å². The van der Waals surface area contributed by atoms with Crippen LogP contribution < -0.4 is 5.32 Å². The topological polar surface area (TPSA) is 15.3 Å². The summed E-state index contributed by atoms with van der Waals surface area (Å²) in [5, 5.41) is 3.85. The Kier molecular flexibility index (Phi) is 9.59. The highest BCUT2D eigenvalue weighted by atomic mass is 15.1. The Morgan fingerprint density at radius 3 is 2.14 bits per heavy atom. The molecule has 0 aliphatic heterocycles. The van der Waals surface area contributed by atoms with Gasteiger partial charge in [0.25, 0.3) is 0 Å². The second-order valence-corrected chi connectivity index (χ2v) is 7.96. The summed E-state index contributed by atoms with van der Waals surface area (Å²) < 4.78 is 0. The molecule has 1 rings (SSSR count). The molecule has 1 aliphatic rings. The minimum Gasteiger partial charge on any atom is -0.314 e. The Hall–Kier alpha value is -0.0800. The molecule has 0 aromatic heterocycles. The lowest BCUT2D eigenvalue weighted by atomic mass is 9.93. The standard InChI is InChI=1S/C19H40N2/c1-6-12-20-19-11-9-7-8-10-18(19)15-21(13-16(2)3)14-17(4)5/h16-20H,6-15H2,1-5H3. The quantitative estimate of drug-likeness (QED) is 0.628. The van der Waals surface area contributed by atoms with Gasteiger partial charge >= 0.3 is 0 Å². The van der Waals surface area contributed by atoms with Crippen LogP contribution in [0.1, 0.15) is 73.1 Å². The van der Waals surface area contributed by atoms with Crippen LogP contribution in [0.4, 0.5) is 0 Å². The molecule has 1 saturated carbocycles. The summed E-state index contributed by atoms with van der Waals surface area (Å²) >= 11 is 0. The second kappa shape index (κ2) is 10.6. The van der Waals surface area contributed by atoms with Crippen molar-refractivity contribution >= 4 is 0 Å². The van der Waals surface area contributed by atoms with Gasteiger partial charge in [0.1, 0.15) is 0 Å². The van der Waals surface area contributed by atoms with E-state index in [2.05, 4.69) is 44.8 Å². The monoisotopic (exact) mass is 296 g/mol. The van der Waals surface area contributed by atoms with Crippen molar-refractivity contribution in [1.82, 2.24) is 10.2 Å².